The molecule has 4 heteroatoms. The zero-order valence-electron chi connectivity index (χ0n) is 28.3. The van der Waals surface area contributed by atoms with Gasteiger partial charge in [0.15, 0.2) is 0 Å². The molecule has 0 spiro atoms. The molecule has 1 saturated heterocycles. The summed E-state index contributed by atoms with van der Waals surface area (Å²) >= 11 is 0. The molecule has 0 amide bonds. The molecule has 8 aromatic rings. The van der Waals surface area contributed by atoms with Crippen LogP contribution >= 0.6 is 0 Å². The van der Waals surface area contributed by atoms with Gasteiger partial charge in [0.2, 0.25) is 0 Å². The van der Waals surface area contributed by atoms with Crippen molar-refractivity contribution in [1.82, 2.24) is 20.5 Å². The summed E-state index contributed by atoms with van der Waals surface area (Å²) < 4.78 is 2.53. The molecule has 2 aliphatic rings. The average Bonchev–Trinajstić information content (AvgIpc) is 3.57. The van der Waals surface area contributed by atoms with Crippen LogP contribution in [-0.2, 0) is 12.8 Å². The molecule has 7 aromatic carbocycles. The van der Waals surface area contributed by atoms with Gasteiger partial charge in [-0.25, -0.2) is 0 Å². The first-order chi connectivity index (χ1) is 25.3. The van der Waals surface area contributed by atoms with E-state index >= 15 is 0 Å². The number of nitrogens with one attached hydrogen (secondary N) is 3. The number of hydrogen-bond donors (Lipinski definition) is 3. The Morgan fingerprint density at radius 3 is 1.92 bits per heavy atom. The zero-order chi connectivity index (χ0) is 33.7. The number of hydrogen-bond acceptors (Lipinski definition) is 3. The van der Waals surface area contributed by atoms with Gasteiger partial charge in [-0.2, -0.15) is 0 Å². The molecule has 246 valence electrons. The summed E-state index contributed by atoms with van der Waals surface area (Å²) in [6, 6.07) is 61.8. The Labute approximate surface area is 298 Å². The predicted molar refractivity (Wildman–Crippen MR) is 210 cm³/mol. The zero-order valence-corrected chi connectivity index (χ0v) is 28.3. The Morgan fingerprint density at radius 1 is 0.471 bits per heavy atom. The minimum Gasteiger partial charge on any atom is -0.313 e. The number of fused-ring (bicyclic) bond motifs is 7. The molecule has 1 fully saturated rings. The van der Waals surface area contributed by atoms with Gasteiger partial charge in [-0.1, -0.05) is 146 Å². The van der Waals surface area contributed by atoms with Crippen LogP contribution in [0.15, 0.2) is 170 Å². The van der Waals surface area contributed by atoms with E-state index in [2.05, 4.69) is 190 Å². The largest absolute Gasteiger partial charge is 0.313 e. The van der Waals surface area contributed by atoms with Crippen LogP contribution < -0.4 is 16.0 Å². The van der Waals surface area contributed by atoms with Crippen LogP contribution in [0.4, 0.5) is 0 Å². The van der Waals surface area contributed by atoms with Crippen LogP contribution in [0.5, 0.6) is 0 Å². The molecular formula is C47H38N4. The molecule has 0 bridgehead atoms. The van der Waals surface area contributed by atoms with E-state index in [0.29, 0.717) is 0 Å². The normalized spacial score (nSPS) is 18.4. The van der Waals surface area contributed by atoms with E-state index in [9.17, 15) is 0 Å². The van der Waals surface area contributed by atoms with E-state index in [0.717, 1.165) is 12.8 Å². The van der Waals surface area contributed by atoms with Crippen molar-refractivity contribution in [3.05, 3.63) is 198 Å². The molecule has 1 aromatic heterocycles. The number of aryl methyl sites for hydroxylation is 1. The first kappa shape index (κ1) is 30.1. The Morgan fingerprint density at radius 2 is 1.10 bits per heavy atom. The molecule has 1 aliphatic heterocycles. The average molecular weight is 659 g/mol. The lowest BCUT2D eigenvalue weighted by molar-refractivity contribution is 0.203. The smallest absolute Gasteiger partial charge is 0.0865 e. The second kappa shape index (κ2) is 12.5. The summed E-state index contributed by atoms with van der Waals surface area (Å²) in [6.45, 7) is 0. The topological polar surface area (TPSA) is 41.0 Å². The number of rotatable bonds is 5. The molecule has 4 nitrogen and oxygen atoms in total. The van der Waals surface area contributed by atoms with Gasteiger partial charge < -0.3 is 4.57 Å². The third-order valence-electron chi connectivity index (χ3n) is 10.8. The second-order valence-corrected chi connectivity index (χ2v) is 13.8. The van der Waals surface area contributed by atoms with Gasteiger partial charge in [0, 0.05) is 22.3 Å². The van der Waals surface area contributed by atoms with Crippen LogP contribution in [0.3, 0.4) is 0 Å². The van der Waals surface area contributed by atoms with E-state index in [-0.39, 0.29) is 18.5 Å². The maximum atomic E-state index is 3.94. The van der Waals surface area contributed by atoms with Crippen LogP contribution in [0, 0.1) is 0 Å². The molecule has 2 heterocycles. The van der Waals surface area contributed by atoms with Gasteiger partial charge >= 0.3 is 0 Å². The molecule has 1 aliphatic carbocycles. The maximum absolute atomic E-state index is 3.94. The fraction of sp³-hybridized carbons (Fsp3) is 0.106. The van der Waals surface area contributed by atoms with E-state index < -0.39 is 0 Å². The molecule has 0 radical (unpaired) electrons. The fourth-order valence-electron chi connectivity index (χ4n) is 8.41. The standard InChI is InChI=1S/C47H38N4/c1-3-13-31(14-4-1)35-19-11-20-36(29-35)46-48-45(34-17-5-2-6-18-34)49-47(50-46)37-21-12-22-38(30-37)51-41-27-25-32-15-7-9-23-39(32)43(41)44-40-24-10-8-16-33(40)26-28-42(44)51/h1-25,27,29-30,45-50H,26,28H2. The van der Waals surface area contributed by atoms with Crippen molar-refractivity contribution in [3.8, 4) is 27.9 Å². The maximum Gasteiger partial charge on any atom is 0.0865 e. The molecule has 10 rings (SSSR count). The van der Waals surface area contributed by atoms with Crippen LogP contribution in [0.2, 0.25) is 0 Å². The lowest BCUT2D eigenvalue weighted by Gasteiger charge is -2.40. The van der Waals surface area contributed by atoms with Crippen molar-refractivity contribution in [1.29, 1.82) is 0 Å². The van der Waals surface area contributed by atoms with E-state index in [1.54, 1.807) is 0 Å². The Hall–Kier alpha value is -5.78. The number of benzene rings is 7. The molecule has 3 N–H and O–H groups in total. The highest BCUT2D eigenvalue weighted by molar-refractivity contribution is 6.16. The van der Waals surface area contributed by atoms with Crippen LogP contribution in [-0.4, -0.2) is 4.57 Å². The van der Waals surface area contributed by atoms with Crippen molar-refractivity contribution in [2.75, 3.05) is 0 Å². The summed E-state index contributed by atoms with van der Waals surface area (Å²) in [5, 5.41) is 15.7. The lowest BCUT2D eigenvalue weighted by atomic mass is 9.87. The van der Waals surface area contributed by atoms with Crippen molar-refractivity contribution in [3.63, 3.8) is 0 Å². The van der Waals surface area contributed by atoms with Crippen LogP contribution in [0.25, 0.3) is 49.6 Å². The van der Waals surface area contributed by atoms with Gasteiger partial charge in [-0.3, -0.25) is 16.0 Å². The third-order valence-corrected chi connectivity index (χ3v) is 10.8. The first-order valence-corrected chi connectivity index (χ1v) is 18.0. The van der Waals surface area contributed by atoms with Gasteiger partial charge in [0.25, 0.3) is 0 Å². The van der Waals surface area contributed by atoms with Gasteiger partial charge in [-0.05, 0) is 86.8 Å². The van der Waals surface area contributed by atoms with Gasteiger partial charge in [0.05, 0.1) is 24.0 Å². The van der Waals surface area contributed by atoms with Crippen molar-refractivity contribution in [2.24, 2.45) is 0 Å². The number of nitrogens with zero attached hydrogens (tertiary/aromatic N) is 1. The second-order valence-electron chi connectivity index (χ2n) is 13.8. The predicted octanol–water partition coefficient (Wildman–Crippen LogP) is 10.4. The van der Waals surface area contributed by atoms with Gasteiger partial charge in [0.1, 0.15) is 0 Å². The monoisotopic (exact) mass is 658 g/mol. The highest BCUT2D eigenvalue weighted by Crippen LogP contribution is 2.45. The Bertz CT molecular complexity index is 2530. The molecule has 0 saturated carbocycles. The summed E-state index contributed by atoms with van der Waals surface area (Å²) in [5.41, 5.74) is 14.1. The summed E-state index contributed by atoms with van der Waals surface area (Å²) in [6.07, 6.45) is 1.82. The quantitative estimate of drug-likeness (QED) is 0.172. The van der Waals surface area contributed by atoms with Crippen molar-refractivity contribution < 1.29 is 0 Å². The Kier molecular flexibility index (Phi) is 7.38. The highest BCUT2D eigenvalue weighted by atomic mass is 15.4. The van der Waals surface area contributed by atoms with Crippen LogP contribution in [0.1, 0.15) is 46.4 Å². The number of aromatic nitrogens is 1. The highest BCUT2D eigenvalue weighted by Gasteiger charge is 2.31. The third kappa shape index (κ3) is 5.28. The summed E-state index contributed by atoms with van der Waals surface area (Å²) in [4.78, 5) is 0. The molecule has 51 heavy (non-hydrogen) atoms. The fourth-order valence-corrected chi connectivity index (χ4v) is 8.41. The minimum atomic E-state index is -0.0963. The van der Waals surface area contributed by atoms with E-state index in [1.807, 2.05) is 0 Å². The van der Waals surface area contributed by atoms with Crippen molar-refractivity contribution >= 4 is 21.7 Å². The van der Waals surface area contributed by atoms with Crippen molar-refractivity contribution in [2.45, 2.75) is 31.3 Å². The SMILES string of the molecule is c1ccc(-c2cccc(C3NC(c4ccccc4)NC(c4cccc(-n5c6c(c7c8ccccc8ccc75)-c5ccccc5CC6)c4)N3)c2)cc1. The summed E-state index contributed by atoms with van der Waals surface area (Å²) in [7, 11) is 0. The van der Waals surface area contributed by atoms with E-state index in [4.69, 9.17) is 0 Å². The first-order valence-electron chi connectivity index (χ1n) is 18.0. The lowest BCUT2D eigenvalue weighted by Crippen LogP contribution is -2.54. The van der Waals surface area contributed by atoms with E-state index in [1.165, 1.54) is 77.6 Å². The minimum absolute atomic E-state index is 0.0467. The van der Waals surface area contributed by atoms with Gasteiger partial charge in [-0.15, -0.1) is 0 Å². The Balaban J connectivity index is 1.09. The molecule has 3 atom stereocenters. The molecular weight excluding hydrogens is 621 g/mol. The molecule has 3 unspecified atom stereocenters. The summed E-state index contributed by atoms with van der Waals surface area (Å²) in [5.74, 6) is 0.